The lowest BCUT2D eigenvalue weighted by Crippen LogP contribution is -2.44. The number of benzene rings is 1. The average molecular weight is 411 g/mol. The Labute approximate surface area is 172 Å². The fraction of sp³-hybridized carbons (Fsp3) is 0.619. The minimum Gasteiger partial charge on any atom is -0.465 e. The van der Waals surface area contributed by atoms with Crippen molar-refractivity contribution in [2.75, 3.05) is 25.5 Å². The fourth-order valence-corrected chi connectivity index (χ4v) is 3.56. The second-order valence-corrected chi connectivity index (χ2v) is 8.77. The van der Waals surface area contributed by atoms with Crippen molar-refractivity contribution in [1.29, 1.82) is 0 Å². The Morgan fingerprint density at radius 1 is 1.25 bits per heavy atom. The van der Waals surface area contributed by atoms with Gasteiger partial charge in [0.05, 0.1) is 12.7 Å². The van der Waals surface area contributed by atoms with E-state index in [0.717, 1.165) is 24.1 Å². The van der Waals surface area contributed by atoms with Gasteiger partial charge in [0.15, 0.2) is 0 Å². The molecule has 1 amide bonds. The SMILES string of the molecule is COC(=O)c1cc(Cl)c(C)c(N[C@@H](C)C2CCN(C(=O)OC(C)(C)C)CC2)c1. The van der Waals surface area contributed by atoms with Gasteiger partial charge in [0.1, 0.15) is 5.60 Å². The van der Waals surface area contributed by atoms with Gasteiger partial charge in [-0.25, -0.2) is 9.59 Å². The smallest absolute Gasteiger partial charge is 0.410 e. The lowest BCUT2D eigenvalue weighted by atomic mass is 9.90. The summed E-state index contributed by atoms with van der Waals surface area (Å²) < 4.78 is 10.3. The number of hydrogen-bond donors (Lipinski definition) is 1. The number of nitrogens with one attached hydrogen (secondary N) is 1. The molecule has 0 aromatic heterocycles. The van der Waals surface area contributed by atoms with E-state index in [1.807, 2.05) is 27.7 Å². The molecule has 1 heterocycles. The number of likely N-dealkylation sites (tertiary alicyclic amines) is 1. The van der Waals surface area contributed by atoms with Crippen LogP contribution in [-0.4, -0.2) is 48.8 Å². The number of nitrogens with zero attached hydrogens (tertiary/aromatic N) is 1. The minimum atomic E-state index is -0.482. The number of amides is 1. The van der Waals surface area contributed by atoms with Crippen LogP contribution in [0.2, 0.25) is 5.02 Å². The lowest BCUT2D eigenvalue weighted by Gasteiger charge is -2.36. The van der Waals surface area contributed by atoms with E-state index < -0.39 is 11.6 Å². The molecule has 0 unspecified atom stereocenters. The van der Waals surface area contributed by atoms with Gasteiger partial charge in [0, 0.05) is 29.8 Å². The monoisotopic (exact) mass is 410 g/mol. The molecule has 1 N–H and O–H groups in total. The summed E-state index contributed by atoms with van der Waals surface area (Å²) in [6.07, 6.45) is 1.52. The zero-order valence-corrected chi connectivity index (χ0v) is 18.4. The van der Waals surface area contributed by atoms with Crippen molar-refractivity contribution in [3.63, 3.8) is 0 Å². The van der Waals surface area contributed by atoms with Crippen LogP contribution in [0.15, 0.2) is 12.1 Å². The molecule has 28 heavy (non-hydrogen) atoms. The maximum absolute atomic E-state index is 12.2. The number of hydrogen-bond acceptors (Lipinski definition) is 5. The third-order valence-corrected chi connectivity index (χ3v) is 5.44. The van der Waals surface area contributed by atoms with Crippen molar-refractivity contribution in [2.45, 2.75) is 59.1 Å². The molecule has 0 aliphatic carbocycles. The molecule has 156 valence electrons. The Morgan fingerprint density at radius 3 is 2.39 bits per heavy atom. The molecule has 0 radical (unpaired) electrons. The van der Waals surface area contributed by atoms with E-state index in [1.165, 1.54) is 7.11 Å². The van der Waals surface area contributed by atoms with Gasteiger partial charge in [-0.15, -0.1) is 0 Å². The van der Waals surface area contributed by atoms with E-state index >= 15 is 0 Å². The van der Waals surface area contributed by atoms with Crippen molar-refractivity contribution < 1.29 is 19.1 Å². The molecule has 1 aromatic rings. The molecular formula is C21H31ClN2O4. The second kappa shape index (κ2) is 9.03. The number of carbonyl (C=O) groups excluding carboxylic acids is 2. The highest BCUT2D eigenvalue weighted by Gasteiger charge is 2.29. The summed E-state index contributed by atoms with van der Waals surface area (Å²) in [4.78, 5) is 25.9. The van der Waals surface area contributed by atoms with Crippen LogP contribution < -0.4 is 5.32 Å². The van der Waals surface area contributed by atoms with E-state index in [0.29, 0.717) is 29.6 Å². The first-order valence-electron chi connectivity index (χ1n) is 9.64. The number of piperidine rings is 1. The highest BCUT2D eigenvalue weighted by molar-refractivity contribution is 6.32. The normalized spacial score (nSPS) is 16.5. The first kappa shape index (κ1) is 22.3. The van der Waals surface area contributed by atoms with Crippen LogP contribution in [0.5, 0.6) is 0 Å². The number of carbonyl (C=O) groups is 2. The molecular weight excluding hydrogens is 380 g/mol. The molecule has 6 nitrogen and oxygen atoms in total. The zero-order valence-electron chi connectivity index (χ0n) is 17.6. The predicted molar refractivity (Wildman–Crippen MR) is 111 cm³/mol. The summed E-state index contributed by atoms with van der Waals surface area (Å²) in [5, 5.41) is 4.02. The fourth-order valence-electron chi connectivity index (χ4n) is 3.34. The van der Waals surface area contributed by atoms with Gasteiger partial charge >= 0.3 is 12.1 Å². The highest BCUT2D eigenvalue weighted by atomic mass is 35.5. The van der Waals surface area contributed by atoms with Gasteiger partial charge in [0.25, 0.3) is 0 Å². The Hall–Kier alpha value is -1.95. The van der Waals surface area contributed by atoms with Gasteiger partial charge in [-0.05, 0) is 71.1 Å². The number of methoxy groups -OCH3 is 1. The third kappa shape index (κ3) is 5.77. The number of rotatable bonds is 4. The van der Waals surface area contributed by atoms with Crippen molar-refractivity contribution in [3.8, 4) is 0 Å². The Balaban J connectivity index is 1.99. The molecule has 1 atom stereocenters. The zero-order chi connectivity index (χ0) is 21.1. The standard InChI is InChI=1S/C21H31ClN2O4/c1-13-17(22)11-16(19(25)27-6)12-18(13)23-14(2)15-7-9-24(10-8-15)20(26)28-21(3,4)5/h11-12,14-15,23H,7-10H2,1-6H3/t14-/m0/s1. The topological polar surface area (TPSA) is 67.9 Å². The number of halogens is 1. The number of anilines is 1. The Bertz CT molecular complexity index is 722. The van der Waals surface area contributed by atoms with Gasteiger partial charge < -0.3 is 19.7 Å². The predicted octanol–water partition coefficient (Wildman–Crippen LogP) is 4.88. The number of esters is 1. The summed E-state index contributed by atoms with van der Waals surface area (Å²) in [7, 11) is 1.35. The Kier molecular flexibility index (Phi) is 7.21. The van der Waals surface area contributed by atoms with Crippen molar-refractivity contribution in [3.05, 3.63) is 28.3 Å². The molecule has 2 rings (SSSR count). The number of ether oxygens (including phenoxy) is 2. The molecule has 1 aliphatic heterocycles. The molecule has 0 bridgehead atoms. The van der Waals surface area contributed by atoms with Crippen LogP contribution in [-0.2, 0) is 9.47 Å². The van der Waals surface area contributed by atoms with Crippen molar-refractivity contribution in [1.82, 2.24) is 4.90 Å². The van der Waals surface area contributed by atoms with Crippen LogP contribution in [0.25, 0.3) is 0 Å². The molecule has 1 aliphatic rings. The minimum absolute atomic E-state index is 0.170. The van der Waals surface area contributed by atoms with Crippen molar-refractivity contribution in [2.24, 2.45) is 5.92 Å². The summed E-state index contributed by atoms with van der Waals surface area (Å²) in [5.74, 6) is -0.0121. The molecule has 1 saturated heterocycles. The van der Waals surface area contributed by atoms with E-state index in [2.05, 4.69) is 12.2 Å². The maximum atomic E-state index is 12.2. The van der Waals surface area contributed by atoms with Crippen LogP contribution in [0, 0.1) is 12.8 Å². The highest BCUT2D eigenvalue weighted by Crippen LogP contribution is 2.30. The largest absolute Gasteiger partial charge is 0.465 e. The first-order chi connectivity index (χ1) is 13.0. The summed E-state index contributed by atoms with van der Waals surface area (Å²) in [6.45, 7) is 11.0. The van der Waals surface area contributed by atoms with Crippen LogP contribution >= 0.6 is 11.6 Å². The first-order valence-corrected chi connectivity index (χ1v) is 10.0. The molecule has 0 saturated carbocycles. The second-order valence-electron chi connectivity index (χ2n) is 8.36. The quantitative estimate of drug-likeness (QED) is 0.716. The third-order valence-electron chi connectivity index (χ3n) is 5.05. The average Bonchev–Trinajstić information content (AvgIpc) is 2.63. The van der Waals surface area contributed by atoms with Crippen LogP contribution in [0.1, 0.15) is 56.5 Å². The van der Waals surface area contributed by atoms with E-state index in [4.69, 9.17) is 21.1 Å². The van der Waals surface area contributed by atoms with Crippen molar-refractivity contribution >= 4 is 29.4 Å². The van der Waals surface area contributed by atoms with Crippen LogP contribution in [0.4, 0.5) is 10.5 Å². The lowest BCUT2D eigenvalue weighted by molar-refractivity contribution is 0.0179. The van der Waals surface area contributed by atoms with Gasteiger partial charge in [-0.1, -0.05) is 11.6 Å². The summed E-state index contributed by atoms with van der Waals surface area (Å²) in [5.41, 5.74) is 1.67. The molecule has 1 fully saturated rings. The van der Waals surface area contributed by atoms with Gasteiger partial charge in [-0.3, -0.25) is 0 Å². The maximum Gasteiger partial charge on any atom is 0.410 e. The Morgan fingerprint density at radius 2 is 1.86 bits per heavy atom. The van der Waals surface area contributed by atoms with Crippen LogP contribution in [0.3, 0.4) is 0 Å². The molecule has 0 spiro atoms. The van der Waals surface area contributed by atoms with Gasteiger partial charge in [-0.2, -0.15) is 0 Å². The van der Waals surface area contributed by atoms with E-state index in [-0.39, 0.29) is 12.1 Å². The van der Waals surface area contributed by atoms with Gasteiger partial charge in [0.2, 0.25) is 0 Å². The molecule has 7 heteroatoms. The summed E-state index contributed by atoms with van der Waals surface area (Å²) in [6, 6.07) is 3.57. The van der Waals surface area contributed by atoms with E-state index in [9.17, 15) is 9.59 Å². The summed E-state index contributed by atoms with van der Waals surface area (Å²) >= 11 is 6.29. The molecule has 1 aromatic carbocycles. The van der Waals surface area contributed by atoms with E-state index in [1.54, 1.807) is 17.0 Å².